The number of morpholine rings is 1. The summed E-state index contributed by atoms with van der Waals surface area (Å²) in [6, 6.07) is 4.62. The molecule has 4 nitrogen and oxygen atoms in total. The van der Waals surface area contributed by atoms with E-state index in [0.717, 1.165) is 24.3 Å². The summed E-state index contributed by atoms with van der Waals surface area (Å²) in [5.74, 6) is -0.290. The van der Waals surface area contributed by atoms with Crippen molar-refractivity contribution < 1.29 is 14.3 Å². The Kier molecular flexibility index (Phi) is 3.71. The van der Waals surface area contributed by atoms with Crippen LogP contribution in [0.5, 0.6) is 0 Å². The van der Waals surface area contributed by atoms with Crippen LogP contribution in [0.2, 0.25) is 0 Å². The molecule has 2 rings (SSSR count). The quantitative estimate of drug-likeness (QED) is 0.759. The van der Waals surface area contributed by atoms with Crippen LogP contribution in [0, 0.1) is 5.82 Å². The molecule has 0 bridgehead atoms. The second-order valence-electron chi connectivity index (χ2n) is 3.71. The molecule has 0 aliphatic carbocycles. The minimum Gasteiger partial charge on any atom is -0.378 e. The number of hydrogen-bond donors (Lipinski definition) is 2. The van der Waals surface area contributed by atoms with Crippen LogP contribution in [-0.4, -0.2) is 31.5 Å². The van der Waals surface area contributed by atoms with Gasteiger partial charge < -0.3 is 14.8 Å². The van der Waals surface area contributed by atoms with Gasteiger partial charge in [0, 0.05) is 25.3 Å². The van der Waals surface area contributed by atoms with Crippen LogP contribution in [0.1, 0.15) is 5.56 Å². The van der Waals surface area contributed by atoms with Crippen LogP contribution in [0.15, 0.2) is 18.2 Å². The number of anilines is 1. The van der Waals surface area contributed by atoms with Gasteiger partial charge in [-0.25, -0.2) is 9.87 Å². The van der Waals surface area contributed by atoms with Crippen molar-refractivity contribution in [3.63, 3.8) is 0 Å². The summed E-state index contributed by atoms with van der Waals surface area (Å²) < 4.78 is 18.3. The normalized spacial score (nSPS) is 16.5. The number of nitrogens with zero attached hydrogens (tertiary/aromatic N) is 1. The molecule has 1 fully saturated rings. The van der Waals surface area contributed by atoms with Gasteiger partial charge in [-0.3, -0.25) is 0 Å². The lowest BCUT2D eigenvalue weighted by Crippen LogP contribution is -2.37. The van der Waals surface area contributed by atoms with Crippen molar-refractivity contribution in [2.45, 2.75) is 6.54 Å². The molecule has 0 amide bonds. The molecule has 5 heteroatoms. The predicted octanol–water partition coefficient (Wildman–Crippen LogP) is 1.14. The second-order valence-corrected chi connectivity index (χ2v) is 3.71. The lowest BCUT2D eigenvalue weighted by Gasteiger charge is -2.30. The minimum absolute atomic E-state index is 0.241. The van der Waals surface area contributed by atoms with Crippen molar-refractivity contribution in [1.82, 2.24) is 5.48 Å². The Hall–Kier alpha value is -1.17. The molecular weight excluding hydrogens is 211 g/mol. The van der Waals surface area contributed by atoms with Gasteiger partial charge in [0.2, 0.25) is 0 Å². The van der Waals surface area contributed by atoms with E-state index < -0.39 is 0 Å². The molecule has 0 spiro atoms. The molecule has 16 heavy (non-hydrogen) atoms. The fourth-order valence-electron chi connectivity index (χ4n) is 1.89. The summed E-state index contributed by atoms with van der Waals surface area (Å²) in [6.07, 6.45) is 0. The van der Waals surface area contributed by atoms with Crippen LogP contribution < -0.4 is 10.4 Å². The van der Waals surface area contributed by atoms with Crippen LogP contribution in [0.25, 0.3) is 0 Å². The highest BCUT2D eigenvalue weighted by Gasteiger charge is 2.14. The van der Waals surface area contributed by atoms with E-state index in [1.54, 1.807) is 6.07 Å². The topological polar surface area (TPSA) is 44.7 Å². The molecule has 0 saturated carbocycles. The number of benzene rings is 1. The first kappa shape index (κ1) is 11.3. The minimum atomic E-state index is -0.290. The zero-order valence-electron chi connectivity index (χ0n) is 8.95. The summed E-state index contributed by atoms with van der Waals surface area (Å²) in [5, 5.41) is 8.72. The summed E-state index contributed by atoms with van der Waals surface area (Å²) in [5.41, 5.74) is 3.77. The Balaban J connectivity index is 2.23. The van der Waals surface area contributed by atoms with Gasteiger partial charge in [-0.2, -0.15) is 0 Å². The van der Waals surface area contributed by atoms with E-state index in [0.29, 0.717) is 13.2 Å². The largest absolute Gasteiger partial charge is 0.378 e. The average molecular weight is 226 g/mol. The van der Waals surface area contributed by atoms with Gasteiger partial charge in [0.25, 0.3) is 0 Å². The third-order valence-electron chi connectivity index (χ3n) is 2.66. The van der Waals surface area contributed by atoms with E-state index >= 15 is 0 Å². The van der Waals surface area contributed by atoms with Gasteiger partial charge in [-0.1, -0.05) is 0 Å². The Morgan fingerprint density at radius 1 is 1.38 bits per heavy atom. The first-order valence-electron chi connectivity index (χ1n) is 5.29. The highest BCUT2D eigenvalue weighted by Crippen LogP contribution is 2.22. The molecule has 1 saturated heterocycles. The molecule has 0 atom stereocenters. The molecular formula is C11H15FN2O2. The third-order valence-corrected chi connectivity index (χ3v) is 2.66. The number of ether oxygens (including phenoxy) is 1. The van der Waals surface area contributed by atoms with Crippen molar-refractivity contribution in [2.75, 3.05) is 31.2 Å². The zero-order valence-corrected chi connectivity index (χ0v) is 8.95. The van der Waals surface area contributed by atoms with Gasteiger partial charge in [0.15, 0.2) is 0 Å². The maximum absolute atomic E-state index is 13.1. The van der Waals surface area contributed by atoms with Gasteiger partial charge in [-0.05, 0) is 23.8 Å². The fourth-order valence-corrected chi connectivity index (χ4v) is 1.89. The van der Waals surface area contributed by atoms with Gasteiger partial charge in [-0.15, -0.1) is 0 Å². The molecule has 0 aromatic heterocycles. The van der Waals surface area contributed by atoms with Crippen LogP contribution in [-0.2, 0) is 11.3 Å². The Morgan fingerprint density at radius 3 is 2.81 bits per heavy atom. The second kappa shape index (κ2) is 5.25. The van der Waals surface area contributed by atoms with Crippen LogP contribution in [0.4, 0.5) is 10.1 Å². The van der Waals surface area contributed by atoms with Crippen LogP contribution >= 0.6 is 0 Å². The van der Waals surface area contributed by atoms with E-state index in [9.17, 15) is 4.39 Å². The molecule has 1 aliphatic heterocycles. The molecule has 0 radical (unpaired) electrons. The fraction of sp³-hybridized carbons (Fsp3) is 0.455. The molecule has 1 heterocycles. The standard InChI is InChI=1S/C11H15FN2O2/c12-10-1-2-11(9(7-10)8-13-15)14-3-5-16-6-4-14/h1-2,7,13,15H,3-6,8H2. The maximum Gasteiger partial charge on any atom is 0.123 e. The summed E-state index contributed by atoms with van der Waals surface area (Å²) in [4.78, 5) is 2.13. The lowest BCUT2D eigenvalue weighted by molar-refractivity contribution is 0.122. The molecule has 0 unspecified atom stereocenters. The predicted molar refractivity (Wildman–Crippen MR) is 58.1 cm³/mol. The van der Waals surface area contributed by atoms with Crippen LogP contribution in [0.3, 0.4) is 0 Å². The average Bonchev–Trinajstić information content (AvgIpc) is 2.31. The summed E-state index contributed by atoms with van der Waals surface area (Å²) in [6.45, 7) is 3.20. The Bertz CT molecular complexity index is 354. The summed E-state index contributed by atoms with van der Waals surface area (Å²) in [7, 11) is 0. The number of hydrogen-bond acceptors (Lipinski definition) is 4. The number of hydroxylamine groups is 1. The van der Waals surface area contributed by atoms with Gasteiger partial charge in [0.1, 0.15) is 5.82 Å². The van der Waals surface area contributed by atoms with E-state index in [1.807, 2.05) is 0 Å². The molecule has 1 aromatic rings. The molecule has 1 aromatic carbocycles. The zero-order chi connectivity index (χ0) is 11.4. The number of halogens is 1. The number of rotatable bonds is 3. The highest BCUT2D eigenvalue weighted by molar-refractivity contribution is 5.54. The number of nitrogens with one attached hydrogen (secondary N) is 1. The Labute approximate surface area is 93.6 Å². The molecule has 1 aliphatic rings. The van der Waals surface area contributed by atoms with Gasteiger partial charge >= 0.3 is 0 Å². The monoisotopic (exact) mass is 226 g/mol. The van der Waals surface area contributed by atoms with Crippen molar-refractivity contribution >= 4 is 5.69 Å². The third kappa shape index (κ3) is 2.49. The maximum atomic E-state index is 13.1. The van der Waals surface area contributed by atoms with E-state index in [4.69, 9.17) is 9.94 Å². The van der Waals surface area contributed by atoms with Gasteiger partial charge in [0.05, 0.1) is 13.2 Å². The van der Waals surface area contributed by atoms with E-state index in [-0.39, 0.29) is 12.4 Å². The summed E-state index contributed by atoms with van der Waals surface area (Å²) >= 11 is 0. The molecule has 88 valence electrons. The SMILES string of the molecule is ONCc1cc(F)ccc1N1CCOCC1. The van der Waals surface area contributed by atoms with Crippen molar-refractivity contribution in [3.05, 3.63) is 29.6 Å². The van der Waals surface area contributed by atoms with Crippen molar-refractivity contribution in [3.8, 4) is 0 Å². The van der Waals surface area contributed by atoms with Crippen molar-refractivity contribution in [1.29, 1.82) is 0 Å². The highest BCUT2D eigenvalue weighted by atomic mass is 19.1. The Morgan fingerprint density at radius 2 is 2.12 bits per heavy atom. The molecule has 2 N–H and O–H groups in total. The smallest absolute Gasteiger partial charge is 0.123 e. The van der Waals surface area contributed by atoms with E-state index in [2.05, 4.69) is 10.4 Å². The van der Waals surface area contributed by atoms with Crippen molar-refractivity contribution in [2.24, 2.45) is 0 Å². The first-order valence-corrected chi connectivity index (χ1v) is 5.29. The lowest BCUT2D eigenvalue weighted by atomic mass is 10.1. The van der Waals surface area contributed by atoms with E-state index in [1.165, 1.54) is 12.1 Å². The first-order chi connectivity index (χ1) is 7.81.